The molecule has 2 atom stereocenters. The largest absolute Gasteiger partial charge is 0.393 e. The third-order valence-corrected chi connectivity index (χ3v) is 8.09. The van der Waals surface area contributed by atoms with Gasteiger partial charge in [-0.25, -0.2) is 5.48 Å². The molecule has 3 nitrogen and oxygen atoms in total. The summed E-state index contributed by atoms with van der Waals surface area (Å²) in [5, 5.41) is 0. The Morgan fingerprint density at radius 1 is 1.10 bits per heavy atom. The predicted molar refractivity (Wildman–Crippen MR) is 96.0 cm³/mol. The molecule has 1 aliphatic rings. The molecule has 0 spiro atoms. The number of hydrogen-bond donors (Lipinski definition) is 2. The Morgan fingerprint density at radius 3 is 2.57 bits per heavy atom. The second-order valence-electron chi connectivity index (χ2n) is 6.45. The Morgan fingerprint density at radius 2 is 1.81 bits per heavy atom. The molecule has 0 saturated carbocycles. The lowest BCUT2D eigenvalue weighted by atomic mass is 10.1. The smallest absolute Gasteiger partial charge is 0.358 e. The fourth-order valence-electron chi connectivity index (χ4n) is 2.79. The average Bonchev–Trinajstić information content (AvgIpc) is 2.46. The summed E-state index contributed by atoms with van der Waals surface area (Å²) >= 11 is 4.36. The van der Waals surface area contributed by atoms with Gasteiger partial charge in [0.05, 0.1) is 0 Å². The molecule has 1 aliphatic heterocycles. The second kappa shape index (κ2) is 11.9. The maximum absolute atomic E-state index is 6.29. The Kier molecular flexibility index (Phi) is 11.1. The Hall–Kier alpha value is 0.447. The van der Waals surface area contributed by atoms with Crippen molar-refractivity contribution in [1.82, 2.24) is 5.48 Å². The summed E-state index contributed by atoms with van der Waals surface area (Å²) < 4.78 is 12.4. The van der Waals surface area contributed by atoms with Crippen LogP contribution in [0.25, 0.3) is 0 Å². The number of hydroxylamine groups is 1. The minimum Gasteiger partial charge on any atom is -0.393 e. The molecule has 21 heavy (non-hydrogen) atoms. The highest BCUT2D eigenvalue weighted by molar-refractivity contribution is 7.80. The van der Waals surface area contributed by atoms with E-state index in [1.807, 2.05) is 0 Å². The molecule has 0 radical (unpaired) electrons. The lowest BCUT2D eigenvalue weighted by Crippen LogP contribution is -2.49. The van der Waals surface area contributed by atoms with Gasteiger partial charge in [-0.2, -0.15) is 12.6 Å². The van der Waals surface area contributed by atoms with E-state index in [0.29, 0.717) is 5.92 Å². The van der Waals surface area contributed by atoms with Crippen molar-refractivity contribution < 1.29 is 8.95 Å². The van der Waals surface area contributed by atoms with E-state index in [1.165, 1.54) is 38.5 Å². The molecule has 0 aromatic heterocycles. The van der Waals surface area contributed by atoms with Crippen molar-refractivity contribution in [2.24, 2.45) is 5.92 Å². The van der Waals surface area contributed by atoms with Crippen LogP contribution in [-0.4, -0.2) is 27.5 Å². The van der Waals surface area contributed by atoms with Gasteiger partial charge >= 0.3 is 8.56 Å². The zero-order chi connectivity index (χ0) is 15.4. The van der Waals surface area contributed by atoms with Crippen molar-refractivity contribution in [2.75, 3.05) is 18.9 Å². The predicted octanol–water partition coefficient (Wildman–Crippen LogP) is 4.69. The second-order valence-corrected chi connectivity index (χ2v) is 10.2. The van der Waals surface area contributed by atoms with Gasteiger partial charge in [0.2, 0.25) is 0 Å². The summed E-state index contributed by atoms with van der Waals surface area (Å²) in [6.45, 7) is 6.34. The molecule has 1 saturated heterocycles. The van der Waals surface area contributed by atoms with Gasteiger partial charge in [-0.3, -0.25) is 0 Å². The van der Waals surface area contributed by atoms with Crippen LogP contribution >= 0.6 is 12.6 Å². The van der Waals surface area contributed by atoms with E-state index in [4.69, 9.17) is 8.95 Å². The van der Waals surface area contributed by atoms with Gasteiger partial charge in [-0.15, -0.1) is 0 Å². The molecule has 1 fully saturated rings. The van der Waals surface area contributed by atoms with E-state index >= 15 is 0 Å². The Bertz CT molecular complexity index is 246. The molecule has 0 aromatic carbocycles. The third-order valence-electron chi connectivity index (χ3n) is 4.29. The first-order valence-electron chi connectivity index (χ1n) is 8.88. The van der Waals surface area contributed by atoms with Crippen LogP contribution in [0.3, 0.4) is 0 Å². The molecule has 0 bridgehead atoms. The van der Waals surface area contributed by atoms with Crippen molar-refractivity contribution in [3.05, 3.63) is 0 Å². The Labute approximate surface area is 138 Å². The van der Waals surface area contributed by atoms with Gasteiger partial charge in [0, 0.05) is 13.2 Å². The Balaban J connectivity index is 2.37. The van der Waals surface area contributed by atoms with Gasteiger partial charge in [0.1, 0.15) is 0 Å². The van der Waals surface area contributed by atoms with Crippen molar-refractivity contribution >= 4 is 21.2 Å². The van der Waals surface area contributed by atoms with Crippen LogP contribution in [0.2, 0.25) is 12.1 Å². The monoisotopic (exact) mass is 333 g/mol. The first kappa shape index (κ1) is 19.5. The van der Waals surface area contributed by atoms with Crippen LogP contribution < -0.4 is 5.48 Å². The third kappa shape index (κ3) is 8.60. The van der Waals surface area contributed by atoms with E-state index in [-0.39, 0.29) is 0 Å². The molecular weight excluding hydrogens is 298 g/mol. The first-order chi connectivity index (χ1) is 10.2. The molecular formula is C16H35NO2SSi. The number of nitrogens with one attached hydrogen (secondary N) is 1. The van der Waals surface area contributed by atoms with Gasteiger partial charge in [-0.05, 0) is 36.6 Å². The first-order valence-corrected chi connectivity index (χ1v) is 11.7. The van der Waals surface area contributed by atoms with Gasteiger partial charge in [-0.1, -0.05) is 52.4 Å². The summed E-state index contributed by atoms with van der Waals surface area (Å²) in [5.41, 5.74) is 3.21. The number of unbranched alkanes of at least 4 members (excludes halogenated alkanes) is 5. The normalized spacial score (nSPS) is 27.3. The van der Waals surface area contributed by atoms with Crippen LogP contribution in [0.5, 0.6) is 0 Å². The highest BCUT2D eigenvalue weighted by Gasteiger charge is 2.38. The standard InChI is InChI=1S/C16H35NO2SSi/c1-3-4-5-6-7-8-13-21(14-9-12-20)18-11-10-16(2)15-17-19-21/h16-17,20H,3-15H2,1-2H3. The topological polar surface area (TPSA) is 30.5 Å². The number of hydrogen-bond acceptors (Lipinski definition) is 4. The van der Waals surface area contributed by atoms with Crippen LogP contribution in [0.4, 0.5) is 0 Å². The minimum atomic E-state index is -2.04. The number of thiol groups is 1. The van der Waals surface area contributed by atoms with Crippen molar-refractivity contribution in [2.45, 2.75) is 77.3 Å². The zero-order valence-corrected chi connectivity index (χ0v) is 15.9. The zero-order valence-electron chi connectivity index (χ0n) is 14.0. The maximum Gasteiger partial charge on any atom is 0.358 e. The van der Waals surface area contributed by atoms with Crippen LogP contribution in [-0.2, 0) is 8.95 Å². The average molecular weight is 334 g/mol. The minimum absolute atomic E-state index is 0.635. The van der Waals surface area contributed by atoms with Crippen LogP contribution in [0.15, 0.2) is 0 Å². The molecule has 2 unspecified atom stereocenters. The number of rotatable bonds is 10. The van der Waals surface area contributed by atoms with E-state index < -0.39 is 8.56 Å². The van der Waals surface area contributed by atoms with E-state index in [2.05, 4.69) is 32.0 Å². The fraction of sp³-hybridized carbons (Fsp3) is 1.00. The van der Waals surface area contributed by atoms with Gasteiger partial charge < -0.3 is 8.95 Å². The lowest BCUT2D eigenvalue weighted by Gasteiger charge is -2.33. The molecule has 0 aromatic rings. The van der Waals surface area contributed by atoms with Gasteiger partial charge in [0.25, 0.3) is 0 Å². The van der Waals surface area contributed by atoms with Gasteiger partial charge in [0.15, 0.2) is 0 Å². The molecule has 5 heteroatoms. The molecule has 0 amide bonds. The molecule has 1 N–H and O–H groups in total. The van der Waals surface area contributed by atoms with Crippen molar-refractivity contribution in [1.29, 1.82) is 0 Å². The molecule has 0 aliphatic carbocycles. The quantitative estimate of drug-likeness (QED) is 0.345. The fourth-order valence-corrected chi connectivity index (χ4v) is 6.39. The van der Waals surface area contributed by atoms with E-state index in [0.717, 1.165) is 43.8 Å². The lowest BCUT2D eigenvalue weighted by molar-refractivity contribution is 0.0684. The molecule has 1 heterocycles. The maximum atomic E-state index is 6.29. The summed E-state index contributed by atoms with van der Waals surface area (Å²) in [7, 11) is -2.04. The highest BCUT2D eigenvalue weighted by Crippen LogP contribution is 2.26. The molecule has 126 valence electrons. The summed E-state index contributed by atoms with van der Waals surface area (Å²) in [4.78, 5) is 0. The molecule has 1 rings (SSSR count). The summed E-state index contributed by atoms with van der Waals surface area (Å²) in [6, 6.07) is 2.21. The highest BCUT2D eigenvalue weighted by atomic mass is 32.1. The summed E-state index contributed by atoms with van der Waals surface area (Å²) in [6.07, 6.45) is 10.2. The van der Waals surface area contributed by atoms with Crippen LogP contribution in [0.1, 0.15) is 65.2 Å². The van der Waals surface area contributed by atoms with E-state index in [1.54, 1.807) is 0 Å². The van der Waals surface area contributed by atoms with E-state index in [9.17, 15) is 0 Å². The summed E-state index contributed by atoms with van der Waals surface area (Å²) in [5.74, 6) is 1.56. The van der Waals surface area contributed by atoms with Crippen LogP contribution in [0, 0.1) is 5.92 Å². The van der Waals surface area contributed by atoms with Crippen molar-refractivity contribution in [3.63, 3.8) is 0 Å². The van der Waals surface area contributed by atoms with Crippen molar-refractivity contribution in [3.8, 4) is 0 Å². The SMILES string of the molecule is CCCCCCCC[Si]1(CCCS)OCCC(C)CNO1.